The van der Waals surface area contributed by atoms with Gasteiger partial charge in [-0.15, -0.1) is 11.3 Å². The van der Waals surface area contributed by atoms with Crippen LogP contribution in [-0.4, -0.2) is 26.4 Å². The molecule has 3 aromatic heterocycles. The van der Waals surface area contributed by atoms with Crippen LogP contribution in [0.4, 0.5) is 0 Å². The second-order valence-electron chi connectivity index (χ2n) is 11.2. The van der Waals surface area contributed by atoms with Crippen molar-refractivity contribution < 1.29 is 62.1 Å². The summed E-state index contributed by atoms with van der Waals surface area (Å²) in [5.74, 6) is 0.525. The zero-order chi connectivity index (χ0) is 30.4. The molecule has 0 aliphatic heterocycles. The molecule has 0 spiro atoms. The first-order valence-corrected chi connectivity index (χ1v) is 15.4. The van der Waals surface area contributed by atoms with E-state index in [4.69, 9.17) is 9.26 Å². The van der Waals surface area contributed by atoms with Crippen LogP contribution in [0.3, 0.4) is 0 Å². The Kier molecular flexibility index (Phi) is 9.02. The van der Waals surface area contributed by atoms with Gasteiger partial charge < -0.3 is 6.16 Å². The van der Waals surface area contributed by atoms with Crippen LogP contribution >= 0.6 is 11.3 Å². The molecule has 0 saturated heterocycles. The number of benzene rings is 3. The van der Waals surface area contributed by atoms with Crippen molar-refractivity contribution in [1.82, 2.24) is 19.3 Å². The Balaban J connectivity index is 0.00000208. The van der Waals surface area contributed by atoms with Crippen molar-refractivity contribution >= 4 is 21.6 Å². The molecule has 224 valence electrons. The summed E-state index contributed by atoms with van der Waals surface area (Å²) < 4.78 is 13.2. The fraction of sp³-hybridized carbons (Fsp3) is 0.235. The van der Waals surface area contributed by atoms with Gasteiger partial charge in [0.05, 0.1) is 19.0 Å². The number of methoxy groups -OCH3 is 1. The normalized spacial score (nSPS) is 13.5. The Labute approximate surface area is 306 Å². The molecule has 11 heteroatoms. The Morgan fingerprint density at radius 3 is 2.31 bits per heavy atom. The molecule has 1 fully saturated rings. The topological polar surface area (TPSA) is 112 Å². The van der Waals surface area contributed by atoms with Gasteiger partial charge in [0.15, 0.2) is 5.82 Å². The zero-order valence-electron chi connectivity index (χ0n) is 26.3. The van der Waals surface area contributed by atoms with E-state index in [1.165, 1.54) is 15.9 Å². The van der Waals surface area contributed by atoms with Gasteiger partial charge in [-0.1, -0.05) is 72.7 Å². The summed E-state index contributed by atoms with van der Waals surface area (Å²) in [4.78, 5) is 43.8. The van der Waals surface area contributed by atoms with E-state index in [2.05, 4.69) is 17.1 Å². The summed E-state index contributed by atoms with van der Waals surface area (Å²) in [7, 11) is 1.64. The summed E-state index contributed by atoms with van der Waals surface area (Å²) in [6, 6.07) is 25.4. The van der Waals surface area contributed by atoms with E-state index in [0.29, 0.717) is 29.1 Å². The van der Waals surface area contributed by atoms with Crippen molar-refractivity contribution in [2.75, 3.05) is 7.11 Å². The standard InChI is InChI=1S/C34H30N4O5S.K.H/c1-3-25-18-28-30(39)38(20-34(16-17-34)23-12-14-24(42-2)15-13-23)33(41)37(31(28)44-25)19-21-8-10-22(11-9-21)26-6-4-5-7-27(26)29-35-32(40)43-36-29;;/h4-15,18H,3,16-17,19-20H2,1-2H3,(H,35,36,40);;/q;+1;-1. The van der Waals surface area contributed by atoms with Crippen LogP contribution in [0.1, 0.15) is 37.2 Å². The fourth-order valence-corrected chi connectivity index (χ4v) is 6.98. The SMILES string of the molecule is CCc1cc2c(=O)n(CC3(c4ccc(OC)cc4)CC3)c(=O)n(Cc3ccc(-c4ccccc4-c4noc(=O)[nH]4)cc3)c2s1.[H-].[K+]. The number of nitrogens with one attached hydrogen (secondary N) is 1. The van der Waals surface area contributed by atoms with E-state index in [9.17, 15) is 14.4 Å². The van der Waals surface area contributed by atoms with Crippen molar-refractivity contribution in [3.05, 3.63) is 126 Å². The van der Waals surface area contributed by atoms with Crippen molar-refractivity contribution in [3.63, 3.8) is 0 Å². The van der Waals surface area contributed by atoms with Gasteiger partial charge in [0.25, 0.3) is 5.56 Å². The summed E-state index contributed by atoms with van der Waals surface area (Å²) in [5.41, 5.74) is 3.83. The van der Waals surface area contributed by atoms with Gasteiger partial charge in [0.2, 0.25) is 0 Å². The number of thiophene rings is 1. The largest absolute Gasteiger partial charge is 1.00 e. The molecule has 0 atom stereocenters. The summed E-state index contributed by atoms with van der Waals surface area (Å²) in [6.45, 7) is 2.72. The van der Waals surface area contributed by atoms with Crippen molar-refractivity contribution in [3.8, 4) is 28.3 Å². The third-order valence-electron chi connectivity index (χ3n) is 8.54. The second-order valence-corrected chi connectivity index (χ2v) is 12.4. The molecule has 1 saturated carbocycles. The minimum atomic E-state index is -0.611. The Morgan fingerprint density at radius 2 is 1.69 bits per heavy atom. The number of fused-ring (bicyclic) bond motifs is 1. The predicted molar refractivity (Wildman–Crippen MR) is 172 cm³/mol. The first-order valence-electron chi connectivity index (χ1n) is 14.5. The number of hydrogen-bond acceptors (Lipinski definition) is 7. The van der Waals surface area contributed by atoms with Crippen LogP contribution in [0.15, 0.2) is 97.8 Å². The molecule has 45 heavy (non-hydrogen) atoms. The monoisotopic (exact) mass is 646 g/mol. The maximum absolute atomic E-state index is 14.1. The average molecular weight is 647 g/mol. The Bertz CT molecular complexity index is 2180. The van der Waals surface area contributed by atoms with Gasteiger partial charge in [-0.05, 0) is 59.7 Å². The number of nitrogens with zero attached hydrogens (tertiary/aromatic N) is 3. The number of aryl methyl sites for hydroxylation is 1. The summed E-state index contributed by atoms with van der Waals surface area (Å²) >= 11 is 1.51. The number of aromatic nitrogens is 4. The molecule has 9 nitrogen and oxygen atoms in total. The van der Waals surface area contributed by atoms with Crippen LogP contribution < -0.4 is 73.1 Å². The molecule has 0 radical (unpaired) electrons. The van der Waals surface area contributed by atoms with E-state index in [1.54, 1.807) is 11.7 Å². The van der Waals surface area contributed by atoms with Crippen LogP contribution in [0.5, 0.6) is 5.75 Å². The smallest absolute Gasteiger partial charge is 1.00 e. The van der Waals surface area contributed by atoms with Gasteiger partial charge in [-0.3, -0.25) is 23.4 Å². The summed E-state index contributed by atoms with van der Waals surface area (Å²) in [6.07, 6.45) is 2.62. The predicted octanol–water partition coefficient (Wildman–Crippen LogP) is 2.70. The molecule has 6 aromatic rings. The van der Waals surface area contributed by atoms with E-state index in [1.807, 2.05) is 78.9 Å². The number of ether oxygens (including phenoxy) is 1. The fourth-order valence-electron chi connectivity index (χ4n) is 5.90. The van der Waals surface area contributed by atoms with E-state index < -0.39 is 5.76 Å². The maximum atomic E-state index is 14.1. The van der Waals surface area contributed by atoms with Crippen molar-refractivity contribution in [1.29, 1.82) is 0 Å². The first kappa shape index (κ1) is 31.7. The second kappa shape index (κ2) is 12.8. The number of hydrogen-bond donors (Lipinski definition) is 1. The minimum Gasteiger partial charge on any atom is -1.00 e. The van der Waals surface area contributed by atoms with E-state index >= 15 is 0 Å². The molecule has 1 aliphatic rings. The quantitative estimate of drug-likeness (QED) is 0.242. The van der Waals surface area contributed by atoms with Crippen LogP contribution in [-0.2, 0) is 24.9 Å². The number of rotatable bonds is 9. The molecule has 3 heterocycles. The number of H-pyrrole nitrogens is 1. The molecular weight excluding hydrogens is 616 g/mol. The van der Waals surface area contributed by atoms with Gasteiger partial charge >= 0.3 is 62.8 Å². The molecule has 0 unspecified atom stereocenters. The van der Waals surface area contributed by atoms with Crippen LogP contribution in [0, 0.1) is 0 Å². The third kappa shape index (κ3) is 6.00. The van der Waals surface area contributed by atoms with Crippen molar-refractivity contribution in [2.45, 2.75) is 44.7 Å². The summed E-state index contributed by atoms with van der Waals surface area (Å²) in [5, 5.41) is 4.44. The van der Waals surface area contributed by atoms with Crippen LogP contribution in [0.2, 0.25) is 0 Å². The van der Waals surface area contributed by atoms with Gasteiger partial charge in [0, 0.05) is 22.4 Å². The third-order valence-corrected chi connectivity index (χ3v) is 9.84. The van der Waals surface area contributed by atoms with Crippen molar-refractivity contribution in [2.24, 2.45) is 0 Å². The maximum Gasteiger partial charge on any atom is 1.00 e. The zero-order valence-corrected chi connectivity index (χ0v) is 29.3. The molecule has 3 aromatic carbocycles. The van der Waals surface area contributed by atoms with Gasteiger partial charge in [-0.2, -0.15) is 0 Å². The molecule has 7 rings (SSSR count). The molecule has 1 aliphatic carbocycles. The molecule has 1 N–H and O–H groups in total. The Hall–Kier alpha value is -3.32. The van der Waals surface area contributed by atoms with E-state index in [-0.39, 0.29) is 69.5 Å². The van der Waals surface area contributed by atoms with Gasteiger partial charge in [-0.25, -0.2) is 9.59 Å². The van der Waals surface area contributed by atoms with E-state index in [0.717, 1.165) is 57.7 Å². The molecular formula is C34H31KN4O5S. The first-order chi connectivity index (χ1) is 21.4. The molecule has 0 amide bonds. The van der Waals surface area contributed by atoms with Gasteiger partial charge in [0.1, 0.15) is 10.6 Å². The number of aromatic amines is 1. The Morgan fingerprint density at radius 1 is 0.978 bits per heavy atom. The van der Waals surface area contributed by atoms with Crippen LogP contribution in [0.25, 0.3) is 32.7 Å². The average Bonchev–Trinajstić information content (AvgIpc) is 3.50. The minimum absolute atomic E-state index is 0. The molecule has 0 bridgehead atoms.